The van der Waals surface area contributed by atoms with E-state index in [0.29, 0.717) is 0 Å². The molecule has 1 aromatic rings. The van der Waals surface area contributed by atoms with Crippen LogP contribution in [0.3, 0.4) is 0 Å². The van der Waals surface area contributed by atoms with Gasteiger partial charge in [-0.05, 0) is 36.9 Å². The van der Waals surface area contributed by atoms with E-state index in [-0.39, 0.29) is 11.9 Å². The van der Waals surface area contributed by atoms with Crippen LogP contribution in [0.4, 0.5) is 5.69 Å². The topological polar surface area (TPSA) is 44.4 Å². The zero-order chi connectivity index (χ0) is 13.2. The monoisotopic (exact) mass is 259 g/mol. The van der Waals surface area contributed by atoms with Gasteiger partial charge in [0.15, 0.2) is 0 Å². The molecule has 1 amide bonds. The van der Waals surface area contributed by atoms with Crippen molar-refractivity contribution in [3.05, 3.63) is 29.3 Å². The first-order chi connectivity index (χ1) is 9.29. The molecule has 0 bridgehead atoms. The summed E-state index contributed by atoms with van der Waals surface area (Å²) in [6.45, 7) is 2.92. The molecule has 0 spiro atoms. The normalized spacial score (nSPS) is 22.1. The zero-order valence-electron chi connectivity index (χ0n) is 11.4. The number of hydrogen-bond donors (Lipinski definition) is 2. The number of likely N-dealkylation sites (tertiary alicyclic amines) is 1. The van der Waals surface area contributed by atoms with E-state index >= 15 is 0 Å². The fraction of sp³-hybridized carbons (Fsp3) is 0.533. The van der Waals surface area contributed by atoms with Gasteiger partial charge in [-0.1, -0.05) is 18.2 Å². The van der Waals surface area contributed by atoms with Crippen molar-refractivity contribution in [2.45, 2.75) is 31.8 Å². The lowest BCUT2D eigenvalue weighted by molar-refractivity contribution is -0.125. The van der Waals surface area contributed by atoms with E-state index in [1.807, 2.05) is 0 Å². The van der Waals surface area contributed by atoms with E-state index in [0.717, 1.165) is 38.9 Å². The van der Waals surface area contributed by atoms with Crippen molar-refractivity contribution in [1.82, 2.24) is 10.2 Å². The lowest BCUT2D eigenvalue weighted by Gasteiger charge is -2.24. The van der Waals surface area contributed by atoms with Gasteiger partial charge in [-0.2, -0.15) is 0 Å². The van der Waals surface area contributed by atoms with Crippen LogP contribution >= 0.6 is 0 Å². The second kappa shape index (κ2) is 5.21. The van der Waals surface area contributed by atoms with Crippen LogP contribution in [-0.4, -0.2) is 37.0 Å². The summed E-state index contributed by atoms with van der Waals surface area (Å²) in [4.78, 5) is 14.2. The number of carbonyl (C=O) groups is 1. The van der Waals surface area contributed by atoms with Crippen molar-refractivity contribution in [2.24, 2.45) is 0 Å². The Morgan fingerprint density at radius 3 is 3.26 bits per heavy atom. The Balaban J connectivity index is 1.78. The summed E-state index contributed by atoms with van der Waals surface area (Å²) in [7, 11) is 1.72. The minimum atomic E-state index is 0.0438. The molecular weight excluding hydrogens is 238 g/mol. The molecule has 1 unspecified atom stereocenters. The maximum Gasteiger partial charge on any atom is 0.237 e. The van der Waals surface area contributed by atoms with Crippen molar-refractivity contribution in [1.29, 1.82) is 0 Å². The quantitative estimate of drug-likeness (QED) is 0.861. The number of likely N-dealkylation sites (N-methyl/N-ethyl adjacent to an activating group) is 1. The molecule has 0 radical (unpaired) electrons. The molecule has 4 heteroatoms. The number of anilines is 1. The first-order valence-corrected chi connectivity index (χ1v) is 7.10. The van der Waals surface area contributed by atoms with Crippen LogP contribution in [0, 0.1) is 0 Å². The highest BCUT2D eigenvalue weighted by molar-refractivity contribution is 5.81. The molecule has 1 aromatic carbocycles. The SMILES string of the molecule is CNC(=O)C1CCCN1Cc1cccc2c1NCC2. The number of nitrogens with one attached hydrogen (secondary N) is 2. The van der Waals surface area contributed by atoms with Crippen LogP contribution in [0.5, 0.6) is 0 Å². The minimum Gasteiger partial charge on any atom is -0.384 e. The Morgan fingerprint density at radius 2 is 2.42 bits per heavy atom. The van der Waals surface area contributed by atoms with Crippen molar-refractivity contribution < 1.29 is 4.79 Å². The standard InChI is InChI=1S/C15H21N3O/c1-16-15(19)13-6-3-9-18(13)10-12-5-2-4-11-7-8-17-14(11)12/h2,4-5,13,17H,3,6-10H2,1H3,(H,16,19). The molecule has 4 nitrogen and oxygen atoms in total. The van der Waals surface area contributed by atoms with Crippen LogP contribution in [0.2, 0.25) is 0 Å². The van der Waals surface area contributed by atoms with Crippen molar-refractivity contribution in [3.63, 3.8) is 0 Å². The van der Waals surface area contributed by atoms with Gasteiger partial charge < -0.3 is 10.6 Å². The maximum atomic E-state index is 11.9. The fourth-order valence-corrected chi connectivity index (χ4v) is 3.24. The summed E-state index contributed by atoms with van der Waals surface area (Å²) in [6, 6.07) is 6.55. The van der Waals surface area contributed by atoms with Crippen LogP contribution in [0.15, 0.2) is 18.2 Å². The molecule has 19 heavy (non-hydrogen) atoms. The van der Waals surface area contributed by atoms with Gasteiger partial charge in [0.25, 0.3) is 0 Å². The summed E-state index contributed by atoms with van der Waals surface area (Å²) in [5.41, 5.74) is 4.03. The Labute approximate surface area is 114 Å². The summed E-state index contributed by atoms with van der Waals surface area (Å²) < 4.78 is 0. The van der Waals surface area contributed by atoms with Crippen molar-refractivity contribution in [3.8, 4) is 0 Å². The third kappa shape index (κ3) is 2.32. The van der Waals surface area contributed by atoms with Crippen molar-refractivity contribution in [2.75, 3.05) is 25.5 Å². The van der Waals surface area contributed by atoms with Gasteiger partial charge in [0.05, 0.1) is 6.04 Å². The summed E-state index contributed by atoms with van der Waals surface area (Å²) in [5, 5.41) is 6.25. The van der Waals surface area contributed by atoms with E-state index in [1.54, 1.807) is 7.05 Å². The number of amides is 1. The summed E-state index contributed by atoms with van der Waals surface area (Å²) >= 11 is 0. The number of rotatable bonds is 3. The van der Waals surface area contributed by atoms with Gasteiger partial charge in [0.1, 0.15) is 0 Å². The van der Waals surface area contributed by atoms with E-state index in [1.165, 1.54) is 16.8 Å². The first kappa shape index (κ1) is 12.5. The Bertz CT molecular complexity index is 486. The summed E-state index contributed by atoms with van der Waals surface area (Å²) in [5.74, 6) is 0.151. The Morgan fingerprint density at radius 1 is 1.53 bits per heavy atom. The predicted molar refractivity (Wildman–Crippen MR) is 76.1 cm³/mol. The van der Waals surface area contributed by atoms with Gasteiger partial charge in [0, 0.05) is 25.8 Å². The first-order valence-electron chi connectivity index (χ1n) is 7.10. The van der Waals surface area contributed by atoms with Gasteiger partial charge in [0.2, 0.25) is 5.91 Å². The number of fused-ring (bicyclic) bond motifs is 1. The van der Waals surface area contributed by atoms with Gasteiger partial charge in [-0.15, -0.1) is 0 Å². The number of hydrogen-bond acceptors (Lipinski definition) is 3. The minimum absolute atomic E-state index is 0.0438. The summed E-state index contributed by atoms with van der Waals surface area (Å²) in [6.07, 6.45) is 3.20. The van der Waals surface area contributed by atoms with Gasteiger partial charge in [-0.3, -0.25) is 9.69 Å². The maximum absolute atomic E-state index is 11.9. The van der Waals surface area contributed by atoms with Crippen LogP contribution in [0.25, 0.3) is 0 Å². The molecule has 1 fully saturated rings. The largest absolute Gasteiger partial charge is 0.384 e. The molecule has 2 aliphatic rings. The molecular formula is C15H21N3O. The fourth-order valence-electron chi connectivity index (χ4n) is 3.24. The molecule has 102 valence electrons. The van der Waals surface area contributed by atoms with Gasteiger partial charge in [-0.25, -0.2) is 0 Å². The van der Waals surface area contributed by atoms with Gasteiger partial charge >= 0.3 is 0 Å². The average molecular weight is 259 g/mol. The van der Waals surface area contributed by atoms with E-state index in [9.17, 15) is 4.79 Å². The third-order valence-electron chi connectivity index (χ3n) is 4.22. The van der Waals surface area contributed by atoms with Crippen molar-refractivity contribution >= 4 is 11.6 Å². The molecule has 1 saturated heterocycles. The van der Waals surface area contributed by atoms with Crippen LogP contribution in [0.1, 0.15) is 24.0 Å². The molecule has 3 rings (SSSR count). The Kier molecular flexibility index (Phi) is 3.42. The number of carbonyl (C=O) groups excluding carboxylic acids is 1. The smallest absolute Gasteiger partial charge is 0.237 e. The molecule has 2 N–H and O–H groups in total. The van der Waals surface area contributed by atoms with E-state index < -0.39 is 0 Å². The number of para-hydroxylation sites is 1. The van der Waals surface area contributed by atoms with E-state index in [4.69, 9.17) is 0 Å². The van der Waals surface area contributed by atoms with Crippen LogP contribution in [-0.2, 0) is 17.8 Å². The third-order valence-corrected chi connectivity index (χ3v) is 4.22. The molecule has 2 aliphatic heterocycles. The lowest BCUT2D eigenvalue weighted by Crippen LogP contribution is -2.41. The zero-order valence-corrected chi connectivity index (χ0v) is 11.4. The molecule has 0 aliphatic carbocycles. The highest BCUT2D eigenvalue weighted by Crippen LogP contribution is 2.29. The van der Waals surface area contributed by atoms with E-state index in [2.05, 4.69) is 33.7 Å². The molecule has 0 saturated carbocycles. The number of benzene rings is 1. The molecule has 1 atom stereocenters. The lowest BCUT2D eigenvalue weighted by atomic mass is 10.1. The number of nitrogens with zero attached hydrogens (tertiary/aromatic N) is 1. The average Bonchev–Trinajstić information content (AvgIpc) is 3.06. The second-order valence-corrected chi connectivity index (χ2v) is 5.37. The molecule has 0 aromatic heterocycles. The second-order valence-electron chi connectivity index (χ2n) is 5.37. The van der Waals surface area contributed by atoms with Crippen LogP contribution < -0.4 is 10.6 Å². The predicted octanol–water partition coefficient (Wildman–Crippen LogP) is 1.36. The Hall–Kier alpha value is -1.55. The highest BCUT2D eigenvalue weighted by Gasteiger charge is 2.30. The highest BCUT2D eigenvalue weighted by atomic mass is 16.2. The molecule has 2 heterocycles.